The first-order valence-electron chi connectivity index (χ1n) is 13.3. The first-order chi connectivity index (χ1) is 22.2. The van der Waals surface area contributed by atoms with E-state index in [9.17, 15) is 35.9 Å². The minimum atomic E-state index is -4.80. The molecule has 18 heteroatoms. The van der Waals surface area contributed by atoms with Crippen LogP contribution in [0.25, 0.3) is 17.1 Å². The summed E-state index contributed by atoms with van der Waals surface area (Å²) < 4.78 is 90.7. The van der Waals surface area contributed by atoms with E-state index >= 15 is 0 Å². The van der Waals surface area contributed by atoms with E-state index in [-0.39, 0.29) is 39.7 Å². The molecule has 5 rings (SSSR count). The van der Waals surface area contributed by atoms with Crippen LogP contribution in [0.1, 0.15) is 5.56 Å². The third-order valence-corrected chi connectivity index (χ3v) is 7.32. The van der Waals surface area contributed by atoms with E-state index in [1.165, 1.54) is 41.3 Å². The van der Waals surface area contributed by atoms with Crippen molar-refractivity contribution < 1.29 is 50.1 Å². The zero-order chi connectivity index (χ0) is 33.8. The number of halogens is 7. The number of aliphatic imine (C=N–C) groups is 1. The van der Waals surface area contributed by atoms with E-state index in [1.807, 2.05) is 0 Å². The molecule has 0 bridgehead atoms. The topological polar surface area (TPSA) is 108 Å². The van der Waals surface area contributed by atoms with E-state index in [1.54, 1.807) is 24.3 Å². The summed E-state index contributed by atoms with van der Waals surface area (Å²) in [6.07, 6.45) is -8.74. The van der Waals surface area contributed by atoms with Gasteiger partial charge in [-0.3, -0.25) is 9.69 Å². The Bertz CT molecular complexity index is 1780. The van der Waals surface area contributed by atoms with Gasteiger partial charge in [0.2, 0.25) is 5.91 Å². The summed E-state index contributed by atoms with van der Waals surface area (Å²) in [6, 6.07) is 15.8. The lowest BCUT2D eigenvalue weighted by atomic mass is 10.1. The number of anilines is 1. The highest BCUT2D eigenvalue weighted by Gasteiger charge is 2.35. The lowest BCUT2D eigenvalue weighted by molar-refractivity contribution is -0.274. The molecule has 0 atom stereocenters. The lowest BCUT2D eigenvalue weighted by Crippen LogP contribution is -2.31. The van der Waals surface area contributed by atoms with Crippen molar-refractivity contribution in [2.24, 2.45) is 4.99 Å². The van der Waals surface area contributed by atoms with Crippen molar-refractivity contribution >= 4 is 46.2 Å². The van der Waals surface area contributed by atoms with Gasteiger partial charge in [0, 0.05) is 17.0 Å². The Morgan fingerprint density at radius 1 is 1.00 bits per heavy atom. The number of hydrogen-bond donors (Lipinski definition) is 0. The second-order valence-electron chi connectivity index (χ2n) is 9.54. The second kappa shape index (κ2) is 13.9. The van der Waals surface area contributed by atoms with Crippen LogP contribution in [0.3, 0.4) is 0 Å². The first-order valence-corrected chi connectivity index (χ1v) is 14.7. The average Bonchev–Trinajstić information content (AvgIpc) is 3.63. The molecule has 246 valence electrons. The Hall–Kier alpha value is -4.77. The van der Waals surface area contributed by atoms with Gasteiger partial charge in [-0.05, 0) is 48.0 Å². The Balaban J connectivity index is 1.17. The molecule has 1 aliphatic rings. The molecule has 0 N–H and O–H groups in total. The quantitative estimate of drug-likeness (QED) is 0.168. The highest BCUT2D eigenvalue weighted by atomic mass is 35.5. The molecule has 0 radical (unpaired) electrons. The maximum atomic E-state index is 12.7. The predicted octanol–water partition coefficient (Wildman–Crippen LogP) is 7.24. The van der Waals surface area contributed by atoms with Crippen molar-refractivity contribution in [3.63, 3.8) is 0 Å². The molecule has 0 aliphatic carbocycles. The summed E-state index contributed by atoms with van der Waals surface area (Å²) in [6.45, 7) is -1.68. The fourth-order valence-electron chi connectivity index (χ4n) is 4.14. The third kappa shape index (κ3) is 9.16. The van der Waals surface area contributed by atoms with Gasteiger partial charge in [0.05, 0.1) is 23.7 Å². The van der Waals surface area contributed by atoms with Crippen molar-refractivity contribution in [3.8, 4) is 28.6 Å². The normalized spacial score (nSPS) is 14.5. The van der Waals surface area contributed by atoms with E-state index in [0.29, 0.717) is 23.5 Å². The van der Waals surface area contributed by atoms with Crippen LogP contribution in [0.5, 0.6) is 11.5 Å². The van der Waals surface area contributed by atoms with Gasteiger partial charge in [-0.1, -0.05) is 47.6 Å². The summed E-state index contributed by atoms with van der Waals surface area (Å²) >= 11 is 6.91. The molecule has 1 aromatic heterocycles. The number of ether oxygens (including phenoxy) is 3. The highest BCUT2D eigenvalue weighted by Crippen LogP contribution is 2.37. The summed E-state index contributed by atoms with van der Waals surface area (Å²) in [5.74, 6) is -0.959. The van der Waals surface area contributed by atoms with E-state index in [0.717, 1.165) is 34.4 Å². The van der Waals surface area contributed by atoms with Crippen LogP contribution in [-0.4, -0.2) is 63.4 Å². The predicted molar refractivity (Wildman–Crippen MR) is 159 cm³/mol. The summed E-state index contributed by atoms with van der Waals surface area (Å²) in [5, 5.41) is 4.36. The number of nitrogens with zero attached hydrogens (tertiary/aromatic N) is 5. The minimum Gasteiger partial charge on any atom is -0.482 e. The minimum absolute atomic E-state index is 0.0778. The Morgan fingerprint density at radius 2 is 1.72 bits per heavy atom. The maximum Gasteiger partial charge on any atom is 0.573 e. The number of aromatic nitrogens is 3. The van der Waals surface area contributed by atoms with Gasteiger partial charge in [0.1, 0.15) is 17.8 Å². The van der Waals surface area contributed by atoms with Crippen molar-refractivity contribution in [2.45, 2.75) is 19.0 Å². The van der Waals surface area contributed by atoms with Crippen LogP contribution >= 0.6 is 23.4 Å². The van der Waals surface area contributed by atoms with Crippen molar-refractivity contribution in [2.75, 3.05) is 23.9 Å². The molecule has 3 aromatic carbocycles. The van der Waals surface area contributed by atoms with Gasteiger partial charge in [-0.2, -0.15) is 18.2 Å². The molecule has 1 aliphatic heterocycles. The van der Waals surface area contributed by atoms with Gasteiger partial charge in [-0.25, -0.2) is 14.5 Å². The molecular weight excluding hydrogens is 680 g/mol. The van der Waals surface area contributed by atoms with Crippen LogP contribution in [0.15, 0.2) is 78.0 Å². The fourth-order valence-corrected chi connectivity index (χ4v) is 5.15. The van der Waals surface area contributed by atoms with Crippen molar-refractivity contribution in [1.29, 1.82) is 0 Å². The number of rotatable bonds is 9. The molecule has 4 aromatic rings. The van der Waals surface area contributed by atoms with Gasteiger partial charge < -0.3 is 14.2 Å². The molecule has 2 amide bonds. The standard InChI is InChI=1S/C29H20ClF6N5O5S/c30-19-5-10-23(45-15-28(31,32)33)22(13-19)41-24(42)14-47-26(41)38-27(43)44-12-11-17-1-3-18(4-2-17)25-37-16-40(39-25)20-6-8-21(9-7-20)46-29(34,35)36/h1-10,13,16H,11-12,14-15H2/b38-26-. The van der Waals surface area contributed by atoms with Crippen molar-refractivity contribution in [1.82, 2.24) is 14.8 Å². The fraction of sp³-hybridized carbons (Fsp3) is 0.207. The smallest absolute Gasteiger partial charge is 0.482 e. The Morgan fingerprint density at radius 3 is 2.40 bits per heavy atom. The maximum absolute atomic E-state index is 12.7. The number of amides is 2. The molecule has 0 unspecified atom stereocenters. The summed E-state index contributed by atoms with van der Waals surface area (Å²) in [7, 11) is 0. The number of carbonyl (C=O) groups excluding carboxylic acids is 2. The van der Waals surface area contributed by atoms with E-state index < -0.39 is 31.1 Å². The summed E-state index contributed by atoms with van der Waals surface area (Å²) in [5.41, 5.74) is 1.80. The van der Waals surface area contributed by atoms with Gasteiger partial charge in [0.15, 0.2) is 17.6 Å². The molecule has 47 heavy (non-hydrogen) atoms. The van der Waals surface area contributed by atoms with Crippen molar-refractivity contribution in [3.05, 3.63) is 83.6 Å². The van der Waals surface area contributed by atoms with Gasteiger partial charge >= 0.3 is 18.6 Å². The second-order valence-corrected chi connectivity index (χ2v) is 10.9. The third-order valence-electron chi connectivity index (χ3n) is 6.16. The van der Waals surface area contributed by atoms with Gasteiger partial charge in [0.25, 0.3) is 0 Å². The average molecular weight is 700 g/mol. The Kier molecular flexibility index (Phi) is 9.95. The number of thioether (sulfide) groups is 1. The molecular formula is C29H20ClF6N5O5S. The monoisotopic (exact) mass is 699 g/mol. The molecule has 10 nitrogen and oxygen atoms in total. The van der Waals surface area contributed by atoms with Crippen LogP contribution in [0.2, 0.25) is 5.02 Å². The van der Waals surface area contributed by atoms with Crippen LogP contribution in [0, 0.1) is 0 Å². The molecule has 0 spiro atoms. The SMILES string of the molecule is O=C(/N=C1\SCC(=O)N1c1cc(Cl)ccc1OCC(F)(F)F)OCCc1ccc(-c2ncn(-c3ccc(OC(F)(F)F)cc3)n2)cc1. The number of amidine groups is 1. The van der Waals surface area contributed by atoms with E-state index in [4.69, 9.17) is 21.1 Å². The first kappa shape index (κ1) is 33.6. The molecule has 1 saturated heterocycles. The lowest BCUT2D eigenvalue weighted by Gasteiger charge is -2.20. The number of carbonyl (C=O) groups is 2. The van der Waals surface area contributed by atoms with Crippen LogP contribution in [0.4, 0.5) is 36.8 Å². The van der Waals surface area contributed by atoms with Crippen LogP contribution in [-0.2, 0) is 16.0 Å². The zero-order valence-electron chi connectivity index (χ0n) is 23.6. The number of alkyl halides is 6. The largest absolute Gasteiger partial charge is 0.573 e. The zero-order valence-corrected chi connectivity index (χ0v) is 25.2. The number of benzene rings is 3. The molecule has 1 fully saturated rings. The molecule has 0 saturated carbocycles. The highest BCUT2D eigenvalue weighted by molar-refractivity contribution is 8.15. The molecule has 2 heterocycles. The van der Waals surface area contributed by atoms with E-state index in [2.05, 4.69) is 19.8 Å². The number of hydrogen-bond acceptors (Lipinski definition) is 8. The summed E-state index contributed by atoms with van der Waals surface area (Å²) in [4.78, 5) is 34.1. The van der Waals surface area contributed by atoms with Crippen LogP contribution < -0.4 is 14.4 Å². The Labute approximate surface area is 270 Å². The van der Waals surface area contributed by atoms with Gasteiger partial charge in [-0.15, -0.1) is 18.3 Å².